The second-order valence-corrected chi connectivity index (χ2v) is 7.97. The molecule has 1 aliphatic heterocycles. The molecule has 1 amide bonds. The van der Waals surface area contributed by atoms with Gasteiger partial charge in [-0.2, -0.15) is 10.2 Å². The predicted octanol–water partition coefficient (Wildman–Crippen LogP) is 3.57. The van der Waals surface area contributed by atoms with Crippen LogP contribution >= 0.6 is 0 Å². The summed E-state index contributed by atoms with van der Waals surface area (Å²) < 4.78 is 5.94. The van der Waals surface area contributed by atoms with Crippen LogP contribution in [-0.4, -0.2) is 62.4 Å². The van der Waals surface area contributed by atoms with Crippen molar-refractivity contribution in [3.63, 3.8) is 0 Å². The van der Waals surface area contributed by atoms with Gasteiger partial charge in [-0.25, -0.2) is 0 Å². The highest BCUT2D eigenvalue weighted by Crippen LogP contribution is 2.29. The van der Waals surface area contributed by atoms with E-state index in [0.717, 1.165) is 28.0 Å². The fourth-order valence-corrected chi connectivity index (χ4v) is 4.19. The van der Waals surface area contributed by atoms with Crippen LogP contribution < -0.4 is 4.90 Å². The molecule has 9 nitrogen and oxygen atoms in total. The van der Waals surface area contributed by atoms with Gasteiger partial charge in [0.1, 0.15) is 11.3 Å². The largest absolute Gasteiger partial charge is 0.454 e. The lowest BCUT2D eigenvalue weighted by molar-refractivity contribution is 0.0747. The molecule has 0 unspecified atom stereocenters. The van der Waals surface area contributed by atoms with Crippen LogP contribution in [0.2, 0.25) is 0 Å². The third kappa shape index (κ3) is 3.53. The van der Waals surface area contributed by atoms with Crippen LogP contribution in [0.4, 0.5) is 5.82 Å². The molecule has 1 saturated heterocycles. The van der Waals surface area contributed by atoms with E-state index < -0.39 is 0 Å². The zero-order valence-electron chi connectivity index (χ0n) is 17.7. The number of carbonyl (C=O) groups excluding carboxylic acids is 1. The lowest BCUT2D eigenvalue weighted by Crippen LogP contribution is -2.49. The van der Waals surface area contributed by atoms with Crippen molar-refractivity contribution in [1.29, 1.82) is 0 Å². The smallest absolute Gasteiger partial charge is 0.257 e. The Labute approximate surface area is 189 Å². The number of nitrogens with one attached hydrogen (secondary N) is 2. The summed E-state index contributed by atoms with van der Waals surface area (Å²) in [6.07, 6.45) is 5.13. The van der Waals surface area contributed by atoms with Crippen LogP contribution in [0.5, 0.6) is 0 Å². The molecule has 164 valence electrons. The summed E-state index contributed by atoms with van der Waals surface area (Å²) in [5.41, 5.74) is 3.81. The lowest BCUT2D eigenvalue weighted by atomic mass is 10.1. The number of aromatic amines is 2. The van der Waals surface area contributed by atoms with Crippen LogP contribution in [0.1, 0.15) is 10.4 Å². The zero-order valence-corrected chi connectivity index (χ0v) is 17.7. The SMILES string of the molecule is O=C(c1cn[nH]c1-c1cc2ccccc2o1)N1CCN(c2cc(-c3cccnc3)[nH]n2)CC1. The summed E-state index contributed by atoms with van der Waals surface area (Å²) in [5.74, 6) is 1.42. The minimum absolute atomic E-state index is 0.0584. The molecule has 5 heterocycles. The summed E-state index contributed by atoms with van der Waals surface area (Å²) >= 11 is 0. The number of nitrogens with zero attached hydrogens (tertiary/aromatic N) is 5. The van der Waals surface area contributed by atoms with Crippen molar-refractivity contribution in [3.8, 4) is 22.7 Å². The molecule has 1 aliphatic rings. The number of H-pyrrole nitrogens is 2. The molecule has 0 radical (unpaired) electrons. The fraction of sp³-hybridized carbons (Fsp3) is 0.167. The molecule has 0 spiro atoms. The van der Waals surface area contributed by atoms with E-state index >= 15 is 0 Å². The molecule has 0 aliphatic carbocycles. The first-order chi connectivity index (χ1) is 16.3. The van der Waals surface area contributed by atoms with Gasteiger partial charge >= 0.3 is 0 Å². The fourth-order valence-electron chi connectivity index (χ4n) is 4.19. The standard InChI is InChI=1S/C24H21N7O2/c32-24(18-15-26-29-23(18)21-12-16-4-1-2-6-20(16)33-21)31-10-8-30(9-11-31)22-13-19(27-28-22)17-5-3-7-25-14-17/h1-7,12-15H,8-11H2,(H,26,29)(H,27,28). The first kappa shape index (κ1) is 19.3. The number of para-hydroxylation sites is 1. The van der Waals surface area contributed by atoms with Crippen molar-refractivity contribution in [2.75, 3.05) is 31.1 Å². The summed E-state index contributed by atoms with van der Waals surface area (Å²) in [4.78, 5) is 21.5. The quantitative estimate of drug-likeness (QED) is 0.443. The molecule has 1 fully saturated rings. The number of piperazine rings is 1. The number of benzene rings is 1. The van der Waals surface area contributed by atoms with E-state index in [1.54, 1.807) is 18.6 Å². The van der Waals surface area contributed by atoms with Crippen LogP contribution in [0.25, 0.3) is 33.7 Å². The van der Waals surface area contributed by atoms with E-state index in [9.17, 15) is 4.79 Å². The van der Waals surface area contributed by atoms with Gasteiger partial charge in [-0.3, -0.25) is 20.0 Å². The summed E-state index contributed by atoms with van der Waals surface area (Å²) in [6, 6.07) is 15.6. The Morgan fingerprint density at radius 1 is 0.970 bits per heavy atom. The van der Waals surface area contributed by atoms with Gasteiger partial charge in [0.2, 0.25) is 0 Å². The Bertz CT molecular complexity index is 1380. The third-order valence-corrected chi connectivity index (χ3v) is 5.97. The molecule has 0 atom stereocenters. The molecule has 4 aromatic heterocycles. The minimum Gasteiger partial charge on any atom is -0.454 e. The molecular weight excluding hydrogens is 418 g/mol. The maximum atomic E-state index is 13.3. The van der Waals surface area contributed by atoms with Gasteiger partial charge in [0.15, 0.2) is 11.6 Å². The van der Waals surface area contributed by atoms with Crippen LogP contribution in [-0.2, 0) is 0 Å². The highest BCUT2D eigenvalue weighted by Gasteiger charge is 2.27. The van der Waals surface area contributed by atoms with Gasteiger partial charge in [-0.15, -0.1) is 0 Å². The van der Waals surface area contributed by atoms with E-state index in [1.807, 2.05) is 53.4 Å². The van der Waals surface area contributed by atoms with Crippen molar-refractivity contribution in [1.82, 2.24) is 30.3 Å². The number of aromatic nitrogens is 5. The highest BCUT2D eigenvalue weighted by atomic mass is 16.3. The predicted molar refractivity (Wildman–Crippen MR) is 124 cm³/mol. The van der Waals surface area contributed by atoms with Gasteiger partial charge in [-0.05, 0) is 24.3 Å². The molecule has 1 aromatic carbocycles. The molecule has 0 saturated carbocycles. The van der Waals surface area contributed by atoms with E-state index in [-0.39, 0.29) is 5.91 Å². The Kier molecular flexibility index (Phi) is 4.64. The second kappa shape index (κ2) is 7.94. The maximum absolute atomic E-state index is 13.3. The summed E-state index contributed by atoms with van der Waals surface area (Å²) in [5, 5.41) is 15.6. The van der Waals surface area contributed by atoms with Crippen molar-refractivity contribution in [3.05, 3.63) is 72.7 Å². The highest BCUT2D eigenvalue weighted by molar-refractivity contribution is 6.00. The van der Waals surface area contributed by atoms with E-state index in [1.165, 1.54) is 0 Å². The molecule has 2 N–H and O–H groups in total. The normalized spacial score (nSPS) is 14.2. The molecular formula is C24H21N7O2. The number of rotatable bonds is 4. The number of amides is 1. The molecule has 6 rings (SSSR count). The van der Waals surface area contributed by atoms with Gasteiger partial charge < -0.3 is 14.2 Å². The summed E-state index contributed by atoms with van der Waals surface area (Å²) in [7, 11) is 0. The van der Waals surface area contributed by atoms with Crippen LogP contribution in [0, 0.1) is 0 Å². The molecule has 33 heavy (non-hydrogen) atoms. The van der Waals surface area contributed by atoms with Crippen molar-refractivity contribution in [2.45, 2.75) is 0 Å². The van der Waals surface area contributed by atoms with E-state index in [4.69, 9.17) is 4.42 Å². The molecule has 0 bridgehead atoms. The first-order valence-corrected chi connectivity index (χ1v) is 10.8. The molecule has 5 aromatic rings. The lowest BCUT2D eigenvalue weighted by Gasteiger charge is -2.34. The van der Waals surface area contributed by atoms with Crippen LogP contribution in [0.15, 0.2) is 71.5 Å². The number of carbonyl (C=O) groups is 1. The monoisotopic (exact) mass is 439 g/mol. The van der Waals surface area contributed by atoms with E-state index in [2.05, 4.69) is 30.3 Å². The van der Waals surface area contributed by atoms with Gasteiger partial charge in [-0.1, -0.05) is 18.2 Å². The first-order valence-electron chi connectivity index (χ1n) is 10.8. The average molecular weight is 439 g/mol. The topological polar surface area (TPSA) is 107 Å². The van der Waals surface area contributed by atoms with Crippen molar-refractivity contribution in [2.24, 2.45) is 0 Å². The minimum atomic E-state index is -0.0584. The molecule has 9 heteroatoms. The summed E-state index contributed by atoms with van der Waals surface area (Å²) in [6.45, 7) is 2.58. The van der Waals surface area contributed by atoms with Gasteiger partial charge in [0.05, 0.1) is 17.5 Å². The second-order valence-electron chi connectivity index (χ2n) is 7.97. The van der Waals surface area contributed by atoms with Crippen molar-refractivity contribution < 1.29 is 9.21 Å². The number of furan rings is 1. The number of pyridine rings is 1. The van der Waals surface area contributed by atoms with Gasteiger partial charge in [0.25, 0.3) is 5.91 Å². The Balaban J connectivity index is 1.16. The van der Waals surface area contributed by atoms with E-state index in [0.29, 0.717) is 43.2 Å². The third-order valence-electron chi connectivity index (χ3n) is 5.97. The zero-order chi connectivity index (χ0) is 22.2. The number of hydrogen-bond acceptors (Lipinski definition) is 6. The van der Waals surface area contributed by atoms with Gasteiger partial charge in [0, 0.05) is 55.6 Å². The number of fused-ring (bicyclic) bond motifs is 1. The Morgan fingerprint density at radius 3 is 2.67 bits per heavy atom. The van der Waals surface area contributed by atoms with Crippen molar-refractivity contribution >= 4 is 22.7 Å². The Hall–Kier alpha value is -4.40. The average Bonchev–Trinajstić information content (AvgIpc) is 3.63. The number of anilines is 1. The number of hydrogen-bond donors (Lipinski definition) is 2. The van der Waals surface area contributed by atoms with Crippen LogP contribution in [0.3, 0.4) is 0 Å². The Morgan fingerprint density at radius 2 is 1.85 bits per heavy atom. The maximum Gasteiger partial charge on any atom is 0.257 e.